The molecule has 1 saturated heterocycles. The van der Waals surface area contributed by atoms with Crippen LogP contribution in [0, 0.1) is 0 Å². The van der Waals surface area contributed by atoms with Gasteiger partial charge in [-0.1, -0.05) is 18.2 Å². The molecular formula is C19H22F3N3O. The molecule has 0 amide bonds. The standard InChI is InChI=1S/C19H22F3N3O/c1-24(2)12-14-5-3-4-6-17(14)25-10-9-16(13-25)26-18-8-7-15(11-23-18)19(20,21)22/h3-8,11,16H,9-10,12-13H2,1-2H3. The number of para-hydroxylation sites is 1. The van der Waals surface area contributed by atoms with Crippen molar-refractivity contribution in [3.05, 3.63) is 53.7 Å². The van der Waals surface area contributed by atoms with Gasteiger partial charge in [0.05, 0.1) is 12.1 Å². The molecular weight excluding hydrogens is 343 g/mol. The first-order valence-electron chi connectivity index (χ1n) is 8.50. The number of anilines is 1. The van der Waals surface area contributed by atoms with Crippen molar-refractivity contribution in [3.63, 3.8) is 0 Å². The van der Waals surface area contributed by atoms with Crippen LogP contribution in [-0.4, -0.2) is 43.2 Å². The van der Waals surface area contributed by atoms with Crippen molar-refractivity contribution in [2.24, 2.45) is 0 Å². The van der Waals surface area contributed by atoms with Crippen LogP contribution < -0.4 is 9.64 Å². The van der Waals surface area contributed by atoms with Crippen LogP contribution in [0.1, 0.15) is 17.5 Å². The first-order valence-corrected chi connectivity index (χ1v) is 8.50. The maximum atomic E-state index is 12.6. The lowest BCUT2D eigenvalue weighted by Gasteiger charge is -2.23. The van der Waals surface area contributed by atoms with Crippen molar-refractivity contribution in [1.29, 1.82) is 0 Å². The highest BCUT2D eigenvalue weighted by atomic mass is 19.4. The van der Waals surface area contributed by atoms with E-state index >= 15 is 0 Å². The van der Waals surface area contributed by atoms with Gasteiger partial charge in [0.15, 0.2) is 0 Å². The predicted molar refractivity (Wildman–Crippen MR) is 94.3 cm³/mol. The highest BCUT2D eigenvalue weighted by molar-refractivity contribution is 5.54. The Morgan fingerprint density at radius 3 is 2.62 bits per heavy atom. The monoisotopic (exact) mass is 365 g/mol. The van der Waals surface area contributed by atoms with Gasteiger partial charge in [-0.2, -0.15) is 13.2 Å². The molecule has 0 spiro atoms. The second-order valence-corrected chi connectivity index (χ2v) is 6.72. The van der Waals surface area contributed by atoms with Crippen LogP contribution in [0.15, 0.2) is 42.6 Å². The summed E-state index contributed by atoms with van der Waals surface area (Å²) in [6.07, 6.45) is -2.86. The molecule has 1 aliphatic heterocycles. The third kappa shape index (κ3) is 4.46. The zero-order chi connectivity index (χ0) is 18.7. The SMILES string of the molecule is CN(C)Cc1ccccc1N1CCC(Oc2ccc(C(F)(F)F)cn2)C1. The van der Waals surface area contributed by atoms with Gasteiger partial charge in [0.1, 0.15) is 6.10 Å². The fourth-order valence-electron chi connectivity index (χ4n) is 3.13. The van der Waals surface area contributed by atoms with Crippen LogP contribution in [0.5, 0.6) is 5.88 Å². The zero-order valence-corrected chi connectivity index (χ0v) is 14.8. The summed E-state index contributed by atoms with van der Waals surface area (Å²) >= 11 is 0. The van der Waals surface area contributed by atoms with Crippen molar-refractivity contribution in [1.82, 2.24) is 9.88 Å². The second kappa shape index (κ2) is 7.53. The van der Waals surface area contributed by atoms with Gasteiger partial charge in [0.25, 0.3) is 0 Å². The number of ether oxygens (including phenoxy) is 1. The molecule has 0 radical (unpaired) electrons. The summed E-state index contributed by atoms with van der Waals surface area (Å²) in [6.45, 7) is 2.38. The summed E-state index contributed by atoms with van der Waals surface area (Å²) in [5.41, 5.74) is 1.65. The molecule has 4 nitrogen and oxygen atoms in total. The number of pyridine rings is 1. The molecule has 2 aromatic rings. The molecule has 1 fully saturated rings. The first-order chi connectivity index (χ1) is 12.3. The molecule has 26 heavy (non-hydrogen) atoms. The number of aromatic nitrogens is 1. The Morgan fingerprint density at radius 2 is 1.96 bits per heavy atom. The molecule has 0 bridgehead atoms. The van der Waals surface area contributed by atoms with Gasteiger partial charge in [-0.3, -0.25) is 0 Å². The Morgan fingerprint density at radius 1 is 1.19 bits per heavy atom. The quantitative estimate of drug-likeness (QED) is 0.805. The maximum Gasteiger partial charge on any atom is 0.417 e. The molecule has 0 aliphatic carbocycles. The van der Waals surface area contributed by atoms with E-state index in [4.69, 9.17) is 4.74 Å². The number of nitrogens with zero attached hydrogens (tertiary/aromatic N) is 3. The van der Waals surface area contributed by atoms with Crippen molar-refractivity contribution in [2.75, 3.05) is 32.1 Å². The molecule has 7 heteroatoms. The van der Waals surface area contributed by atoms with Crippen LogP contribution in [0.25, 0.3) is 0 Å². The van der Waals surface area contributed by atoms with E-state index in [1.807, 2.05) is 26.2 Å². The highest BCUT2D eigenvalue weighted by Crippen LogP contribution is 2.30. The maximum absolute atomic E-state index is 12.6. The molecule has 1 aromatic heterocycles. The third-order valence-electron chi connectivity index (χ3n) is 4.31. The van der Waals surface area contributed by atoms with Crippen LogP contribution in [-0.2, 0) is 12.7 Å². The lowest BCUT2D eigenvalue weighted by atomic mass is 10.1. The smallest absolute Gasteiger partial charge is 0.417 e. The van der Waals surface area contributed by atoms with Crippen LogP contribution in [0.3, 0.4) is 0 Å². The average Bonchev–Trinajstić information content (AvgIpc) is 3.03. The molecule has 1 atom stereocenters. The number of rotatable bonds is 5. The van der Waals surface area contributed by atoms with Crippen LogP contribution >= 0.6 is 0 Å². The lowest BCUT2D eigenvalue weighted by Crippen LogP contribution is -2.26. The number of hydrogen-bond acceptors (Lipinski definition) is 4. The topological polar surface area (TPSA) is 28.6 Å². The van der Waals surface area contributed by atoms with Crippen LogP contribution in [0.4, 0.5) is 18.9 Å². The van der Waals surface area contributed by atoms with Gasteiger partial charge in [-0.05, 0) is 31.8 Å². The lowest BCUT2D eigenvalue weighted by molar-refractivity contribution is -0.137. The molecule has 2 heterocycles. The van der Waals surface area contributed by atoms with Gasteiger partial charge in [0.2, 0.25) is 5.88 Å². The number of hydrogen-bond donors (Lipinski definition) is 0. The zero-order valence-electron chi connectivity index (χ0n) is 14.8. The summed E-state index contributed by atoms with van der Waals surface area (Å²) in [6, 6.07) is 10.5. The normalized spacial score (nSPS) is 17.8. The average molecular weight is 365 g/mol. The molecule has 140 valence electrons. The Bertz CT molecular complexity index is 732. The predicted octanol–water partition coefficient (Wildman–Crippen LogP) is 3.82. The number of alkyl halides is 3. The largest absolute Gasteiger partial charge is 0.472 e. The minimum Gasteiger partial charge on any atom is -0.472 e. The van der Waals surface area contributed by atoms with E-state index in [9.17, 15) is 13.2 Å². The summed E-state index contributed by atoms with van der Waals surface area (Å²) in [7, 11) is 4.06. The van der Waals surface area contributed by atoms with Crippen molar-refractivity contribution in [3.8, 4) is 5.88 Å². The van der Waals surface area contributed by atoms with E-state index in [-0.39, 0.29) is 12.0 Å². The van der Waals surface area contributed by atoms with E-state index in [0.29, 0.717) is 6.54 Å². The fourth-order valence-corrected chi connectivity index (χ4v) is 3.13. The van der Waals surface area contributed by atoms with E-state index in [1.165, 1.54) is 17.3 Å². The summed E-state index contributed by atoms with van der Waals surface area (Å²) in [4.78, 5) is 8.17. The van der Waals surface area contributed by atoms with Crippen molar-refractivity contribution < 1.29 is 17.9 Å². The van der Waals surface area contributed by atoms with Gasteiger partial charge in [-0.25, -0.2) is 4.98 Å². The van der Waals surface area contributed by atoms with Gasteiger partial charge in [0, 0.05) is 37.5 Å². The Balaban J connectivity index is 1.64. The molecule has 1 aromatic carbocycles. The second-order valence-electron chi connectivity index (χ2n) is 6.72. The molecule has 0 N–H and O–H groups in total. The molecule has 3 rings (SSSR count). The molecule has 0 saturated carbocycles. The summed E-state index contributed by atoms with van der Waals surface area (Å²) in [5.74, 6) is 0.228. The van der Waals surface area contributed by atoms with E-state index in [0.717, 1.165) is 31.8 Å². The fraction of sp³-hybridized carbons (Fsp3) is 0.421. The number of halogens is 3. The minimum absolute atomic E-state index is 0.0911. The Kier molecular flexibility index (Phi) is 5.36. The van der Waals surface area contributed by atoms with Crippen LogP contribution in [0.2, 0.25) is 0 Å². The van der Waals surface area contributed by atoms with E-state index in [1.54, 1.807) is 0 Å². The summed E-state index contributed by atoms with van der Waals surface area (Å²) in [5, 5.41) is 0. The summed E-state index contributed by atoms with van der Waals surface area (Å²) < 4.78 is 43.6. The Hall–Kier alpha value is -2.28. The van der Waals surface area contributed by atoms with Gasteiger partial charge >= 0.3 is 6.18 Å². The van der Waals surface area contributed by atoms with E-state index < -0.39 is 11.7 Å². The van der Waals surface area contributed by atoms with E-state index in [2.05, 4.69) is 26.9 Å². The minimum atomic E-state index is -4.38. The van der Waals surface area contributed by atoms with Gasteiger partial charge in [-0.15, -0.1) is 0 Å². The molecule has 1 unspecified atom stereocenters. The van der Waals surface area contributed by atoms with Crippen molar-refractivity contribution >= 4 is 5.69 Å². The number of benzene rings is 1. The van der Waals surface area contributed by atoms with Gasteiger partial charge < -0.3 is 14.5 Å². The third-order valence-corrected chi connectivity index (χ3v) is 4.31. The first kappa shape index (κ1) is 18.5. The molecule has 1 aliphatic rings. The highest BCUT2D eigenvalue weighted by Gasteiger charge is 2.31. The Labute approximate surface area is 151 Å². The van der Waals surface area contributed by atoms with Crippen molar-refractivity contribution in [2.45, 2.75) is 25.2 Å².